The molecule has 7 heteroatoms. The molecule has 0 spiro atoms. The summed E-state index contributed by atoms with van der Waals surface area (Å²) in [6.45, 7) is 0. The van der Waals surface area contributed by atoms with Gasteiger partial charge in [0, 0.05) is 6.07 Å². The van der Waals surface area contributed by atoms with Crippen molar-refractivity contribution in [3.8, 4) is 11.5 Å². The Morgan fingerprint density at radius 3 is 2.30 bits per heavy atom. The highest BCUT2D eigenvalue weighted by molar-refractivity contribution is 7.91. The predicted octanol–water partition coefficient (Wildman–Crippen LogP) is 1.94. The smallest absolute Gasteiger partial charge is 0.239 e. The number of carbonyl (C=O) groups is 1. The van der Waals surface area contributed by atoms with Gasteiger partial charge in [-0.05, 0) is 24.3 Å². The number of sulfone groups is 1. The maximum Gasteiger partial charge on any atom is 0.239 e. The van der Waals surface area contributed by atoms with Gasteiger partial charge in [-0.15, -0.1) is 0 Å². The summed E-state index contributed by atoms with van der Waals surface area (Å²) in [5.41, 5.74) is 0. The maximum absolute atomic E-state index is 12.3. The van der Waals surface area contributed by atoms with E-state index < -0.39 is 9.84 Å². The molecule has 2 aromatic rings. The highest BCUT2D eigenvalue weighted by atomic mass is 32.2. The Labute approximate surface area is 115 Å². The van der Waals surface area contributed by atoms with Crippen LogP contribution in [0.3, 0.4) is 0 Å². The van der Waals surface area contributed by atoms with E-state index in [-0.39, 0.29) is 21.5 Å². The lowest BCUT2D eigenvalue weighted by atomic mass is 10.3. The van der Waals surface area contributed by atoms with Gasteiger partial charge in [0.15, 0.2) is 23.5 Å². The van der Waals surface area contributed by atoms with Gasteiger partial charge in [0.25, 0.3) is 0 Å². The van der Waals surface area contributed by atoms with E-state index >= 15 is 0 Å². The van der Waals surface area contributed by atoms with Crippen molar-refractivity contribution in [2.24, 2.45) is 0 Å². The first kappa shape index (κ1) is 14.1. The Hall–Kier alpha value is -2.28. The molecule has 20 heavy (non-hydrogen) atoms. The van der Waals surface area contributed by atoms with Crippen LogP contribution in [0.25, 0.3) is 0 Å². The molecule has 0 N–H and O–H groups in total. The molecular weight excluding hydrogens is 284 g/mol. The van der Waals surface area contributed by atoms with Crippen LogP contribution in [0.5, 0.6) is 11.5 Å². The van der Waals surface area contributed by atoms with Crippen molar-refractivity contribution in [2.75, 3.05) is 14.2 Å². The van der Waals surface area contributed by atoms with Crippen molar-refractivity contribution in [2.45, 2.75) is 9.99 Å². The molecule has 0 aliphatic rings. The summed E-state index contributed by atoms with van der Waals surface area (Å²) in [6.07, 6.45) is 0.438. The van der Waals surface area contributed by atoms with Gasteiger partial charge in [-0.25, -0.2) is 8.42 Å². The van der Waals surface area contributed by atoms with Gasteiger partial charge in [0.1, 0.15) is 0 Å². The Morgan fingerprint density at radius 1 is 1.05 bits per heavy atom. The van der Waals surface area contributed by atoms with Gasteiger partial charge < -0.3 is 13.9 Å². The number of aldehydes is 1. The monoisotopic (exact) mass is 296 g/mol. The second kappa shape index (κ2) is 5.38. The summed E-state index contributed by atoms with van der Waals surface area (Å²) in [4.78, 5) is 10.5. The van der Waals surface area contributed by atoms with Crippen molar-refractivity contribution in [3.63, 3.8) is 0 Å². The summed E-state index contributed by atoms with van der Waals surface area (Å²) in [7, 11) is -0.985. The Morgan fingerprint density at radius 2 is 1.75 bits per heavy atom. The van der Waals surface area contributed by atoms with Gasteiger partial charge in [-0.1, -0.05) is 0 Å². The zero-order chi connectivity index (χ0) is 14.8. The third-order valence-electron chi connectivity index (χ3n) is 2.65. The molecule has 0 atom stereocenters. The average molecular weight is 296 g/mol. The maximum atomic E-state index is 12.3. The van der Waals surface area contributed by atoms with E-state index in [2.05, 4.69) is 0 Å². The lowest BCUT2D eigenvalue weighted by Crippen LogP contribution is -2.02. The molecule has 2 rings (SSSR count). The number of hydrogen-bond acceptors (Lipinski definition) is 6. The molecule has 0 fully saturated rings. The standard InChI is InChI=1S/C13H12O6S/c1-17-11-5-4-10(7-12(11)18-2)20(15,16)13-6-3-9(8-14)19-13/h3-8H,1-2H3. The van der Waals surface area contributed by atoms with Crippen molar-refractivity contribution in [1.82, 2.24) is 0 Å². The largest absolute Gasteiger partial charge is 0.493 e. The fourth-order valence-corrected chi connectivity index (χ4v) is 2.84. The third-order valence-corrected chi connectivity index (χ3v) is 4.27. The van der Waals surface area contributed by atoms with Crippen molar-refractivity contribution >= 4 is 16.1 Å². The number of hydrogen-bond donors (Lipinski definition) is 0. The Bertz CT molecular complexity index is 729. The summed E-state index contributed by atoms with van der Waals surface area (Å²) >= 11 is 0. The molecule has 0 saturated heterocycles. The summed E-state index contributed by atoms with van der Waals surface area (Å²) in [6, 6.07) is 6.71. The predicted molar refractivity (Wildman–Crippen MR) is 69.1 cm³/mol. The molecule has 0 bridgehead atoms. The minimum absolute atomic E-state index is 0.0121. The number of benzene rings is 1. The number of methoxy groups -OCH3 is 2. The molecule has 0 radical (unpaired) electrons. The number of carbonyl (C=O) groups excluding carboxylic acids is 1. The van der Waals surface area contributed by atoms with E-state index in [0.29, 0.717) is 12.0 Å². The minimum atomic E-state index is -3.85. The van der Waals surface area contributed by atoms with Crippen molar-refractivity contribution < 1.29 is 27.1 Å². The summed E-state index contributed by atoms with van der Waals surface area (Å²) < 4.78 is 39.7. The number of ether oxygens (including phenoxy) is 2. The molecule has 1 heterocycles. The molecule has 0 unspecified atom stereocenters. The van der Waals surface area contributed by atoms with Crippen LogP contribution in [0.4, 0.5) is 0 Å². The first-order valence-electron chi connectivity index (χ1n) is 5.55. The fraction of sp³-hybridized carbons (Fsp3) is 0.154. The Balaban J connectivity index is 2.51. The van der Waals surface area contributed by atoms with Crippen molar-refractivity contribution in [3.05, 3.63) is 36.1 Å². The summed E-state index contributed by atoms with van der Waals surface area (Å²) in [5, 5.41) is -0.299. The second-order valence-electron chi connectivity index (χ2n) is 3.79. The first-order chi connectivity index (χ1) is 9.52. The van der Waals surface area contributed by atoms with Crippen LogP contribution in [0, 0.1) is 0 Å². The molecule has 0 saturated carbocycles. The van der Waals surface area contributed by atoms with Gasteiger partial charge >= 0.3 is 0 Å². The van der Waals surface area contributed by atoms with Crippen molar-refractivity contribution in [1.29, 1.82) is 0 Å². The zero-order valence-corrected chi connectivity index (χ0v) is 11.6. The van der Waals surface area contributed by atoms with Crippen LogP contribution in [-0.4, -0.2) is 28.9 Å². The highest BCUT2D eigenvalue weighted by Crippen LogP contribution is 2.32. The van der Waals surface area contributed by atoms with Crippen LogP contribution < -0.4 is 9.47 Å². The SMILES string of the molecule is COc1ccc(S(=O)(=O)c2ccc(C=O)o2)cc1OC. The van der Waals surface area contributed by atoms with Gasteiger partial charge in [-0.2, -0.15) is 0 Å². The topological polar surface area (TPSA) is 82.8 Å². The molecule has 1 aromatic heterocycles. The van der Waals surface area contributed by atoms with E-state index in [1.54, 1.807) is 0 Å². The average Bonchev–Trinajstić information content (AvgIpc) is 2.96. The Kier molecular flexibility index (Phi) is 3.80. The molecule has 106 valence electrons. The fourth-order valence-electron chi connectivity index (χ4n) is 1.64. The van der Waals surface area contributed by atoms with Crippen LogP contribution in [0.15, 0.2) is 44.7 Å². The van der Waals surface area contributed by atoms with E-state index in [0.717, 1.165) is 0 Å². The van der Waals surface area contributed by atoms with Crippen LogP contribution >= 0.6 is 0 Å². The molecule has 0 aliphatic heterocycles. The number of rotatable bonds is 5. The van der Waals surface area contributed by atoms with Gasteiger partial charge in [0.2, 0.25) is 14.9 Å². The minimum Gasteiger partial charge on any atom is -0.493 e. The highest BCUT2D eigenvalue weighted by Gasteiger charge is 2.23. The summed E-state index contributed by atoms with van der Waals surface area (Å²) in [5.74, 6) is 0.652. The van der Waals surface area contributed by atoms with Gasteiger partial charge in [-0.3, -0.25) is 4.79 Å². The molecular formula is C13H12O6S. The molecule has 0 aliphatic carbocycles. The normalized spacial score (nSPS) is 11.1. The first-order valence-corrected chi connectivity index (χ1v) is 7.03. The molecule has 0 amide bonds. The van der Waals surface area contributed by atoms with E-state index in [1.807, 2.05) is 0 Å². The van der Waals surface area contributed by atoms with Crippen LogP contribution in [0.2, 0.25) is 0 Å². The van der Waals surface area contributed by atoms with Gasteiger partial charge in [0.05, 0.1) is 19.1 Å². The van der Waals surface area contributed by atoms with Crippen LogP contribution in [-0.2, 0) is 9.84 Å². The van der Waals surface area contributed by atoms with E-state index in [9.17, 15) is 13.2 Å². The lowest BCUT2D eigenvalue weighted by molar-refractivity contribution is 0.109. The quantitative estimate of drug-likeness (QED) is 0.784. The molecule has 1 aromatic carbocycles. The number of furan rings is 1. The second-order valence-corrected chi connectivity index (χ2v) is 5.68. The van der Waals surface area contributed by atoms with E-state index in [1.165, 1.54) is 44.6 Å². The zero-order valence-electron chi connectivity index (χ0n) is 10.8. The van der Waals surface area contributed by atoms with Crippen LogP contribution in [0.1, 0.15) is 10.6 Å². The lowest BCUT2D eigenvalue weighted by Gasteiger charge is -2.09. The van der Waals surface area contributed by atoms with E-state index in [4.69, 9.17) is 13.9 Å². The molecule has 6 nitrogen and oxygen atoms in total. The third kappa shape index (κ3) is 2.39.